The van der Waals surface area contributed by atoms with Crippen molar-refractivity contribution in [2.45, 2.75) is 6.42 Å². The molecule has 0 saturated carbocycles. The minimum absolute atomic E-state index is 0.0817. The highest BCUT2D eigenvalue weighted by Crippen LogP contribution is 2.09. The lowest BCUT2D eigenvalue weighted by atomic mass is 10.2. The summed E-state index contributed by atoms with van der Waals surface area (Å²) in [6, 6.07) is 8.14. The Morgan fingerprint density at radius 3 is 2.55 bits per heavy atom. The van der Waals surface area contributed by atoms with Gasteiger partial charge in [-0.15, -0.1) is 0 Å². The van der Waals surface area contributed by atoms with Crippen LogP contribution >= 0.6 is 0 Å². The van der Waals surface area contributed by atoms with E-state index < -0.39 is 21.5 Å². The molecule has 1 aromatic rings. The molecule has 1 amide bonds. The molecule has 0 aromatic heterocycles. The molecular weight excluding hydrogens is 280 g/mol. The van der Waals surface area contributed by atoms with Crippen molar-refractivity contribution < 1.29 is 17.9 Å². The maximum atomic E-state index is 11.6. The number of anilines is 1. The van der Waals surface area contributed by atoms with Gasteiger partial charge < -0.3 is 10.1 Å². The first-order valence-electron chi connectivity index (χ1n) is 5.96. The van der Waals surface area contributed by atoms with Gasteiger partial charge in [-0.05, 0) is 30.7 Å². The third-order valence-electron chi connectivity index (χ3n) is 2.45. The van der Waals surface area contributed by atoms with Crippen LogP contribution in [0.25, 0.3) is 0 Å². The maximum Gasteiger partial charge on any atom is 0.239 e. The van der Waals surface area contributed by atoms with Crippen molar-refractivity contribution in [1.82, 2.24) is 0 Å². The molecule has 0 radical (unpaired) electrons. The number of benzene rings is 1. The van der Waals surface area contributed by atoms with Gasteiger partial charge in [-0.25, -0.2) is 8.42 Å². The Kier molecular flexibility index (Phi) is 6.15. The number of carbonyl (C=O) groups excluding carboxylic acids is 1. The fourth-order valence-corrected chi connectivity index (χ4v) is 2.69. The van der Waals surface area contributed by atoms with Crippen LogP contribution in [-0.4, -0.2) is 39.5 Å². The molecule has 1 N–H and O–H groups in total. The molecule has 1 aromatic carbocycles. The highest BCUT2D eigenvalue weighted by Gasteiger charge is 2.16. The number of amides is 1. The van der Waals surface area contributed by atoms with Crippen LogP contribution in [0.3, 0.4) is 0 Å². The molecule has 0 aliphatic rings. The van der Waals surface area contributed by atoms with Gasteiger partial charge in [0.2, 0.25) is 5.91 Å². The monoisotopic (exact) mass is 296 g/mol. The van der Waals surface area contributed by atoms with Crippen LogP contribution in [0.1, 0.15) is 12.0 Å². The first-order valence-corrected chi connectivity index (χ1v) is 7.78. The van der Waals surface area contributed by atoms with E-state index >= 15 is 0 Å². The van der Waals surface area contributed by atoms with Crippen LogP contribution in [0.5, 0.6) is 0 Å². The molecule has 20 heavy (non-hydrogen) atoms. The Balaban J connectivity index is 2.52. The van der Waals surface area contributed by atoms with Crippen molar-refractivity contribution in [2.24, 2.45) is 0 Å². The summed E-state index contributed by atoms with van der Waals surface area (Å²) in [5, 5.41) is 11.1. The van der Waals surface area contributed by atoms with Gasteiger partial charge in [0, 0.05) is 19.4 Å². The van der Waals surface area contributed by atoms with Gasteiger partial charge >= 0.3 is 0 Å². The molecule has 0 saturated heterocycles. The highest BCUT2D eigenvalue weighted by molar-refractivity contribution is 7.92. The number of carbonyl (C=O) groups is 1. The minimum Gasteiger partial charge on any atom is -0.385 e. The van der Waals surface area contributed by atoms with E-state index in [-0.39, 0.29) is 5.75 Å². The largest absolute Gasteiger partial charge is 0.385 e. The average molecular weight is 296 g/mol. The zero-order valence-electron chi connectivity index (χ0n) is 11.1. The molecule has 1 rings (SSSR count). The summed E-state index contributed by atoms with van der Waals surface area (Å²) in [6.07, 6.45) is 0.364. The summed E-state index contributed by atoms with van der Waals surface area (Å²) in [7, 11) is -1.94. The molecule has 6 nitrogen and oxygen atoms in total. The van der Waals surface area contributed by atoms with Crippen molar-refractivity contribution in [3.63, 3.8) is 0 Å². The SMILES string of the molecule is COCCCS(=O)(=O)CC(=O)Nc1ccc(C#N)cc1. The van der Waals surface area contributed by atoms with E-state index in [4.69, 9.17) is 10.00 Å². The predicted octanol–water partition coefficient (Wildman–Crippen LogP) is 0.948. The molecule has 0 fully saturated rings. The molecule has 0 aliphatic carbocycles. The zero-order chi connectivity index (χ0) is 15.0. The summed E-state index contributed by atoms with van der Waals surface area (Å²) in [5.41, 5.74) is 0.927. The number of ether oxygens (including phenoxy) is 1. The molecule has 0 spiro atoms. The summed E-state index contributed by atoms with van der Waals surface area (Å²) in [5.74, 6) is -1.23. The van der Waals surface area contributed by atoms with E-state index in [9.17, 15) is 13.2 Å². The average Bonchev–Trinajstić information content (AvgIpc) is 2.39. The first kappa shape index (κ1) is 16.1. The lowest BCUT2D eigenvalue weighted by Gasteiger charge is -2.06. The van der Waals surface area contributed by atoms with Crippen molar-refractivity contribution in [1.29, 1.82) is 5.26 Å². The van der Waals surface area contributed by atoms with Crippen LogP contribution in [0.2, 0.25) is 0 Å². The van der Waals surface area contributed by atoms with Gasteiger partial charge in [0.1, 0.15) is 5.75 Å². The van der Waals surface area contributed by atoms with Gasteiger partial charge in [0.25, 0.3) is 0 Å². The van der Waals surface area contributed by atoms with E-state index in [1.54, 1.807) is 24.3 Å². The van der Waals surface area contributed by atoms with E-state index in [1.807, 2.05) is 6.07 Å². The molecular formula is C13H16N2O4S. The number of methoxy groups -OCH3 is 1. The van der Waals surface area contributed by atoms with Crippen molar-refractivity contribution in [3.05, 3.63) is 29.8 Å². The van der Waals surface area contributed by atoms with Crippen LogP contribution in [0.15, 0.2) is 24.3 Å². The quantitative estimate of drug-likeness (QED) is 0.756. The lowest BCUT2D eigenvalue weighted by Crippen LogP contribution is -2.25. The van der Waals surface area contributed by atoms with E-state index in [0.717, 1.165) is 0 Å². The summed E-state index contributed by atoms with van der Waals surface area (Å²) >= 11 is 0. The van der Waals surface area contributed by atoms with Gasteiger partial charge in [0.05, 0.1) is 17.4 Å². The van der Waals surface area contributed by atoms with Gasteiger partial charge in [0.15, 0.2) is 9.84 Å². The Labute approximate surface area is 118 Å². The highest BCUT2D eigenvalue weighted by atomic mass is 32.2. The smallest absolute Gasteiger partial charge is 0.239 e. The molecule has 0 aliphatic heterocycles. The third-order valence-corrected chi connectivity index (χ3v) is 4.07. The fourth-order valence-electron chi connectivity index (χ4n) is 1.52. The van der Waals surface area contributed by atoms with Crippen LogP contribution in [-0.2, 0) is 19.4 Å². The minimum atomic E-state index is -3.43. The molecule has 0 bridgehead atoms. The van der Waals surface area contributed by atoms with Crippen molar-refractivity contribution in [2.75, 3.05) is 30.5 Å². The number of nitriles is 1. The Bertz CT molecular complexity index is 588. The molecule has 0 heterocycles. The molecule has 0 atom stereocenters. The Hall–Kier alpha value is -1.91. The van der Waals surface area contributed by atoms with Crippen molar-refractivity contribution >= 4 is 21.4 Å². The topological polar surface area (TPSA) is 96.3 Å². The summed E-state index contributed by atoms with van der Waals surface area (Å²) in [6.45, 7) is 0.344. The molecule has 0 unspecified atom stereocenters. The third kappa shape index (κ3) is 5.82. The summed E-state index contributed by atoms with van der Waals surface area (Å²) in [4.78, 5) is 11.6. The normalized spacial score (nSPS) is 10.8. The number of nitrogens with zero attached hydrogens (tertiary/aromatic N) is 1. The van der Waals surface area contributed by atoms with E-state index in [0.29, 0.717) is 24.3 Å². The number of rotatable bonds is 7. The Morgan fingerprint density at radius 1 is 1.35 bits per heavy atom. The van der Waals surface area contributed by atoms with Crippen LogP contribution < -0.4 is 5.32 Å². The van der Waals surface area contributed by atoms with E-state index in [2.05, 4.69) is 5.32 Å². The first-order chi connectivity index (χ1) is 9.46. The number of hydrogen-bond donors (Lipinski definition) is 1. The van der Waals surface area contributed by atoms with Gasteiger partial charge in [-0.3, -0.25) is 4.79 Å². The summed E-state index contributed by atoms with van der Waals surface area (Å²) < 4.78 is 28.1. The second-order valence-corrected chi connectivity index (χ2v) is 6.36. The fraction of sp³-hybridized carbons (Fsp3) is 0.385. The van der Waals surface area contributed by atoms with Crippen LogP contribution in [0, 0.1) is 11.3 Å². The van der Waals surface area contributed by atoms with Gasteiger partial charge in [-0.1, -0.05) is 0 Å². The molecule has 108 valence electrons. The van der Waals surface area contributed by atoms with Gasteiger partial charge in [-0.2, -0.15) is 5.26 Å². The number of sulfone groups is 1. The molecule has 7 heteroatoms. The standard InChI is InChI=1S/C13H16N2O4S/c1-19-7-2-8-20(17,18)10-13(16)15-12-5-3-11(9-14)4-6-12/h3-6H,2,7-8,10H2,1H3,(H,15,16). The maximum absolute atomic E-state index is 11.6. The zero-order valence-corrected chi connectivity index (χ0v) is 11.9. The second-order valence-electron chi connectivity index (χ2n) is 4.18. The van der Waals surface area contributed by atoms with Crippen LogP contribution in [0.4, 0.5) is 5.69 Å². The lowest BCUT2D eigenvalue weighted by molar-refractivity contribution is -0.113. The van der Waals surface area contributed by atoms with Crippen molar-refractivity contribution in [3.8, 4) is 6.07 Å². The predicted molar refractivity (Wildman–Crippen MR) is 74.9 cm³/mol. The number of hydrogen-bond acceptors (Lipinski definition) is 5. The van der Waals surface area contributed by atoms with E-state index in [1.165, 1.54) is 7.11 Å². The second kappa shape index (κ2) is 7.62. The number of nitrogens with one attached hydrogen (secondary N) is 1. The Morgan fingerprint density at radius 2 is 2.00 bits per heavy atom.